The van der Waals surface area contributed by atoms with Crippen LogP contribution in [0.1, 0.15) is 65.2 Å². The zero-order chi connectivity index (χ0) is 17.0. The van der Waals surface area contributed by atoms with Gasteiger partial charge in [0.1, 0.15) is 16.9 Å². The van der Waals surface area contributed by atoms with Crippen molar-refractivity contribution in [1.82, 2.24) is 0 Å². The van der Waals surface area contributed by atoms with Crippen LogP contribution in [0.4, 0.5) is 0 Å². The van der Waals surface area contributed by atoms with E-state index in [4.69, 9.17) is 0 Å². The molecule has 0 aromatic rings. The van der Waals surface area contributed by atoms with Crippen molar-refractivity contribution in [2.24, 2.45) is 17.3 Å². The van der Waals surface area contributed by atoms with Crippen molar-refractivity contribution >= 4 is 0 Å². The summed E-state index contributed by atoms with van der Waals surface area (Å²) >= 11 is 0. The van der Waals surface area contributed by atoms with Crippen LogP contribution in [-0.2, 0) is 0 Å². The molecule has 2 aliphatic rings. The summed E-state index contributed by atoms with van der Waals surface area (Å²) in [5, 5.41) is 41.4. The predicted octanol–water partition coefficient (Wildman–Crippen LogP) is 4.00. The molecule has 23 heavy (non-hydrogen) atoms. The second-order valence-electron chi connectivity index (χ2n) is 7.67. The monoisotopic (exact) mass is 324 g/mol. The van der Waals surface area contributed by atoms with Crippen molar-refractivity contribution in [1.29, 1.82) is 0 Å². The van der Waals surface area contributed by atoms with Crippen molar-refractivity contribution in [3.63, 3.8) is 0 Å². The maximum Gasteiger partial charge on any atom is 0.130 e. The van der Waals surface area contributed by atoms with Crippen LogP contribution in [0.15, 0.2) is 22.7 Å². The van der Waals surface area contributed by atoms with Gasteiger partial charge in [-0.15, -0.1) is 0 Å². The fourth-order valence-corrected chi connectivity index (χ4v) is 3.83. The number of hydrogen-bond acceptors (Lipinski definition) is 4. The highest BCUT2D eigenvalue weighted by atomic mass is 16.3. The molecule has 0 aromatic carbocycles. The Balaban J connectivity index is 2.34. The lowest BCUT2D eigenvalue weighted by molar-refractivity contribution is 0.0401. The first kappa shape index (κ1) is 18.3. The first-order valence-corrected chi connectivity index (χ1v) is 8.99. The third-order valence-electron chi connectivity index (χ3n) is 5.87. The summed E-state index contributed by atoms with van der Waals surface area (Å²) in [6.07, 6.45) is 7.09. The molecule has 0 bridgehead atoms. The minimum absolute atomic E-state index is 0.00183. The third kappa shape index (κ3) is 3.74. The van der Waals surface area contributed by atoms with Crippen molar-refractivity contribution in [3.05, 3.63) is 22.7 Å². The number of allylic oxidation sites excluding steroid dienone is 2. The zero-order valence-corrected chi connectivity index (χ0v) is 14.5. The van der Waals surface area contributed by atoms with Crippen LogP contribution < -0.4 is 0 Å². The van der Waals surface area contributed by atoms with E-state index in [1.807, 2.05) is 0 Å². The van der Waals surface area contributed by atoms with Gasteiger partial charge in [-0.05, 0) is 74.3 Å². The number of aliphatic hydroxyl groups is 4. The van der Waals surface area contributed by atoms with Gasteiger partial charge in [-0.3, -0.25) is 0 Å². The van der Waals surface area contributed by atoms with E-state index >= 15 is 0 Å². The van der Waals surface area contributed by atoms with E-state index in [1.165, 1.54) is 0 Å². The Morgan fingerprint density at radius 3 is 1.35 bits per heavy atom. The van der Waals surface area contributed by atoms with E-state index in [1.54, 1.807) is 0 Å². The largest absolute Gasteiger partial charge is 0.511 e. The highest BCUT2D eigenvalue weighted by Gasteiger charge is 2.42. The van der Waals surface area contributed by atoms with Crippen molar-refractivity contribution < 1.29 is 20.4 Å². The highest BCUT2D eigenvalue weighted by Crippen LogP contribution is 2.42. The van der Waals surface area contributed by atoms with Gasteiger partial charge in [0.05, 0.1) is 13.2 Å². The second-order valence-corrected chi connectivity index (χ2v) is 7.67. The molecule has 2 fully saturated rings. The average molecular weight is 324 g/mol. The molecular weight excluding hydrogens is 292 g/mol. The first-order chi connectivity index (χ1) is 10.9. The Kier molecular flexibility index (Phi) is 6.15. The molecule has 0 aliphatic heterocycles. The van der Waals surface area contributed by atoms with Crippen LogP contribution in [0, 0.1) is 17.3 Å². The van der Waals surface area contributed by atoms with Gasteiger partial charge in [0, 0.05) is 0 Å². The molecule has 4 heteroatoms. The molecule has 4 nitrogen and oxygen atoms in total. The van der Waals surface area contributed by atoms with E-state index in [-0.39, 0.29) is 11.5 Å². The van der Waals surface area contributed by atoms with Crippen molar-refractivity contribution in [3.8, 4) is 0 Å². The lowest BCUT2D eigenvalue weighted by Crippen LogP contribution is -2.37. The number of aliphatic hydroxyl groups excluding tert-OH is 4. The quantitative estimate of drug-likeness (QED) is 0.589. The van der Waals surface area contributed by atoms with Crippen LogP contribution in [0.25, 0.3) is 0 Å². The van der Waals surface area contributed by atoms with E-state index in [9.17, 15) is 20.4 Å². The minimum Gasteiger partial charge on any atom is -0.511 e. The van der Waals surface area contributed by atoms with Gasteiger partial charge in [0.2, 0.25) is 0 Å². The highest BCUT2D eigenvalue weighted by molar-refractivity contribution is 5.30. The fraction of sp³-hybridized carbons (Fsp3) is 0.789. The summed E-state index contributed by atoms with van der Waals surface area (Å²) < 4.78 is 0. The number of hydrogen-bond donors (Lipinski definition) is 4. The van der Waals surface area contributed by atoms with Gasteiger partial charge in [0.15, 0.2) is 0 Å². The lowest BCUT2D eigenvalue weighted by Gasteiger charge is -2.35. The summed E-state index contributed by atoms with van der Waals surface area (Å²) in [6.45, 7) is 3.45. The Morgan fingerprint density at radius 1 is 0.783 bits per heavy atom. The van der Waals surface area contributed by atoms with Gasteiger partial charge in [-0.25, -0.2) is 0 Å². The van der Waals surface area contributed by atoms with E-state index < -0.39 is 18.6 Å². The summed E-state index contributed by atoms with van der Waals surface area (Å²) in [7, 11) is 0. The zero-order valence-electron chi connectivity index (χ0n) is 14.5. The molecule has 0 aromatic heterocycles. The summed E-state index contributed by atoms with van der Waals surface area (Å²) in [5.41, 5.74) is 0.330. The van der Waals surface area contributed by atoms with Gasteiger partial charge in [-0.1, -0.05) is 13.8 Å². The fourth-order valence-electron chi connectivity index (χ4n) is 3.83. The molecule has 0 unspecified atom stereocenters. The van der Waals surface area contributed by atoms with Crippen LogP contribution >= 0.6 is 0 Å². The smallest absolute Gasteiger partial charge is 0.130 e. The third-order valence-corrected chi connectivity index (χ3v) is 5.87. The molecule has 2 rings (SSSR count). The van der Waals surface area contributed by atoms with Gasteiger partial charge in [0.25, 0.3) is 0 Å². The van der Waals surface area contributed by atoms with Crippen LogP contribution in [0.5, 0.6) is 0 Å². The van der Waals surface area contributed by atoms with Crippen molar-refractivity contribution in [2.45, 2.75) is 65.2 Å². The van der Waals surface area contributed by atoms with Crippen molar-refractivity contribution in [2.75, 3.05) is 13.2 Å². The normalized spacial score (nSPS) is 26.3. The minimum atomic E-state index is -1.42. The molecule has 2 aliphatic carbocycles. The van der Waals surface area contributed by atoms with Gasteiger partial charge in [-0.2, -0.15) is 0 Å². The molecule has 0 saturated heterocycles. The molecule has 0 radical (unpaired) electrons. The topological polar surface area (TPSA) is 80.9 Å². The molecule has 0 atom stereocenters. The van der Waals surface area contributed by atoms with Crippen LogP contribution in [-0.4, -0.2) is 33.6 Å². The molecule has 0 heterocycles. The van der Waals surface area contributed by atoms with Gasteiger partial charge >= 0.3 is 0 Å². The maximum absolute atomic E-state index is 10.8. The average Bonchev–Trinajstić information content (AvgIpc) is 2.57. The Morgan fingerprint density at radius 2 is 1.09 bits per heavy atom. The predicted molar refractivity (Wildman–Crippen MR) is 91.2 cm³/mol. The molecule has 0 spiro atoms. The summed E-state index contributed by atoms with van der Waals surface area (Å²) in [4.78, 5) is 0. The van der Waals surface area contributed by atoms with Crippen LogP contribution in [0.3, 0.4) is 0 Å². The lowest BCUT2D eigenvalue weighted by atomic mass is 9.75. The van der Waals surface area contributed by atoms with E-state index in [2.05, 4.69) is 13.8 Å². The summed E-state index contributed by atoms with van der Waals surface area (Å²) in [5.74, 6) is 1.27. The Hall–Kier alpha value is -1.00. The maximum atomic E-state index is 10.8. The second kappa shape index (κ2) is 7.71. The SMILES string of the molecule is CC1CCC(=C(O)C(CO)(CO)C(O)=C2CCC(C)CC2)CC1. The summed E-state index contributed by atoms with van der Waals surface area (Å²) in [6, 6.07) is 0. The molecule has 2 saturated carbocycles. The standard InChI is InChI=1S/C19H32O4/c1-13-3-7-15(8-4-13)17(22)19(11-20,12-21)18(23)16-9-5-14(2)6-10-16/h13-14,20-23H,3-12H2,1-2H3. The Labute approximate surface area is 139 Å². The van der Waals surface area contributed by atoms with Crippen LogP contribution in [0.2, 0.25) is 0 Å². The Bertz CT molecular complexity index is 414. The van der Waals surface area contributed by atoms with E-state index in [0.717, 1.165) is 62.5 Å². The number of rotatable bonds is 4. The molecule has 4 N–H and O–H groups in total. The van der Waals surface area contributed by atoms with E-state index in [0.29, 0.717) is 11.8 Å². The molecular formula is C19H32O4. The molecule has 0 amide bonds. The first-order valence-electron chi connectivity index (χ1n) is 8.99. The molecule has 132 valence electrons. The van der Waals surface area contributed by atoms with Gasteiger partial charge < -0.3 is 20.4 Å².